The Bertz CT molecular complexity index is 1640. The van der Waals surface area contributed by atoms with Crippen molar-refractivity contribution in [2.75, 3.05) is 6.61 Å². The van der Waals surface area contributed by atoms with Crippen LogP contribution in [-0.2, 0) is 16.1 Å². The maximum atomic E-state index is 12.8. The Morgan fingerprint density at radius 2 is 1.07 bits per heavy atom. The van der Waals surface area contributed by atoms with Crippen molar-refractivity contribution in [3.05, 3.63) is 156 Å². The van der Waals surface area contributed by atoms with Crippen LogP contribution in [-0.4, -0.2) is 45.5 Å². The zero-order chi connectivity index (χ0) is 31.4. The van der Waals surface area contributed by atoms with Gasteiger partial charge < -0.3 is 19.7 Å². The SMILES string of the molecule is O=C(OC[C@H]1SC(O)C[C@H]1OC(=O)c1ccc(-c2ccccc2)cc1)c1ccc(-c2ccccc2)cc1.OCc1ccccc1. The number of ether oxygens (including phenoxy) is 2. The average Bonchev–Trinajstić information content (AvgIpc) is 3.46. The minimum absolute atomic E-state index is 0.0336. The van der Waals surface area contributed by atoms with Gasteiger partial charge in [0.1, 0.15) is 18.1 Å². The maximum absolute atomic E-state index is 12.8. The van der Waals surface area contributed by atoms with Crippen LogP contribution >= 0.6 is 11.8 Å². The molecule has 6 nitrogen and oxygen atoms in total. The van der Waals surface area contributed by atoms with E-state index < -0.39 is 23.5 Å². The Morgan fingerprint density at radius 3 is 1.53 bits per heavy atom. The number of rotatable bonds is 8. The van der Waals surface area contributed by atoms with E-state index in [0.29, 0.717) is 11.1 Å². The second-order valence-electron chi connectivity index (χ2n) is 10.4. The van der Waals surface area contributed by atoms with E-state index >= 15 is 0 Å². The van der Waals surface area contributed by atoms with Gasteiger partial charge in [-0.15, -0.1) is 11.8 Å². The average molecular weight is 619 g/mol. The molecule has 3 atom stereocenters. The molecule has 2 N–H and O–H groups in total. The maximum Gasteiger partial charge on any atom is 0.338 e. The summed E-state index contributed by atoms with van der Waals surface area (Å²) in [7, 11) is 0. The van der Waals surface area contributed by atoms with E-state index in [2.05, 4.69) is 0 Å². The number of hydrogen-bond acceptors (Lipinski definition) is 7. The van der Waals surface area contributed by atoms with Gasteiger partial charge in [-0.3, -0.25) is 0 Å². The third kappa shape index (κ3) is 8.92. The molecule has 5 aromatic rings. The molecule has 0 bridgehead atoms. The van der Waals surface area contributed by atoms with Gasteiger partial charge in [-0.25, -0.2) is 9.59 Å². The highest BCUT2D eigenvalue weighted by atomic mass is 32.2. The smallest absolute Gasteiger partial charge is 0.338 e. The summed E-state index contributed by atoms with van der Waals surface area (Å²) in [5.74, 6) is -0.921. The molecule has 1 heterocycles. The lowest BCUT2D eigenvalue weighted by Crippen LogP contribution is -2.29. The summed E-state index contributed by atoms with van der Waals surface area (Å²) in [5, 5.41) is 18.4. The van der Waals surface area contributed by atoms with Crippen LogP contribution in [0.1, 0.15) is 32.7 Å². The summed E-state index contributed by atoms with van der Waals surface area (Å²) in [6, 6.07) is 43.8. The van der Waals surface area contributed by atoms with Crippen molar-refractivity contribution in [2.24, 2.45) is 0 Å². The first-order valence-electron chi connectivity index (χ1n) is 14.7. The van der Waals surface area contributed by atoms with E-state index in [1.807, 2.05) is 115 Å². The summed E-state index contributed by atoms with van der Waals surface area (Å²) in [4.78, 5) is 25.4. The lowest BCUT2D eigenvalue weighted by Gasteiger charge is -2.19. The fraction of sp³-hybridized carbons (Fsp3) is 0.158. The first-order valence-corrected chi connectivity index (χ1v) is 15.6. The van der Waals surface area contributed by atoms with Crippen LogP contribution in [0.15, 0.2) is 140 Å². The Hall–Kier alpha value is -4.69. The molecule has 0 saturated carbocycles. The second-order valence-corrected chi connectivity index (χ2v) is 11.9. The molecule has 5 aromatic carbocycles. The number of aliphatic hydroxyl groups excluding tert-OH is 2. The van der Waals surface area contributed by atoms with Crippen molar-refractivity contribution >= 4 is 23.7 Å². The molecule has 45 heavy (non-hydrogen) atoms. The molecule has 1 aliphatic rings. The molecule has 1 saturated heterocycles. The van der Waals surface area contributed by atoms with Gasteiger partial charge in [0.25, 0.3) is 0 Å². The Kier molecular flexibility index (Phi) is 11.2. The molecule has 0 radical (unpaired) electrons. The van der Waals surface area contributed by atoms with Crippen molar-refractivity contribution < 1.29 is 29.3 Å². The van der Waals surface area contributed by atoms with Crippen molar-refractivity contribution in [1.29, 1.82) is 0 Å². The molecule has 1 aliphatic heterocycles. The lowest BCUT2D eigenvalue weighted by atomic mass is 10.0. The molecular formula is C38H34O6S. The third-order valence-electron chi connectivity index (χ3n) is 7.30. The lowest BCUT2D eigenvalue weighted by molar-refractivity contribution is 0.0178. The predicted molar refractivity (Wildman–Crippen MR) is 178 cm³/mol. The van der Waals surface area contributed by atoms with Gasteiger partial charge in [-0.1, -0.05) is 115 Å². The first kappa shape index (κ1) is 31.7. The highest BCUT2D eigenvalue weighted by molar-refractivity contribution is 8.00. The normalized spacial score (nSPS) is 17.1. The van der Waals surface area contributed by atoms with Gasteiger partial charge in [0.15, 0.2) is 0 Å². The molecule has 0 amide bonds. The topological polar surface area (TPSA) is 93.1 Å². The van der Waals surface area contributed by atoms with Gasteiger partial charge in [0.05, 0.1) is 23.0 Å². The minimum atomic E-state index is -0.688. The van der Waals surface area contributed by atoms with E-state index in [0.717, 1.165) is 27.8 Å². The highest BCUT2D eigenvalue weighted by Gasteiger charge is 2.38. The van der Waals surface area contributed by atoms with Gasteiger partial charge in [-0.2, -0.15) is 0 Å². The zero-order valence-electron chi connectivity index (χ0n) is 24.6. The fourth-order valence-electron chi connectivity index (χ4n) is 4.85. The Labute approximate surface area is 267 Å². The van der Waals surface area contributed by atoms with Crippen LogP contribution in [0.3, 0.4) is 0 Å². The predicted octanol–water partition coefficient (Wildman–Crippen LogP) is 7.41. The molecule has 7 heteroatoms. The van der Waals surface area contributed by atoms with E-state index in [-0.39, 0.29) is 24.9 Å². The van der Waals surface area contributed by atoms with Crippen LogP contribution in [0.25, 0.3) is 22.3 Å². The minimum Gasteiger partial charge on any atom is -0.461 e. The van der Waals surface area contributed by atoms with Crippen molar-refractivity contribution in [1.82, 2.24) is 0 Å². The molecule has 0 spiro atoms. The van der Waals surface area contributed by atoms with Crippen molar-refractivity contribution in [2.45, 2.75) is 29.8 Å². The summed E-state index contributed by atoms with van der Waals surface area (Å²) in [6.07, 6.45) is -0.276. The van der Waals surface area contributed by atoms with Gasteiger partial charge >= 0.3 is 11.9 Å². The van der Waals surface area contributed by atoms with E-state index in [1.54, 1.807) is 24.3 Å². The van der Waals surface area contributed by atoms with Crippen LogP contribution in [0.5, 0.6) is 0 Å². The van der Waals surface area contributed by atoms with E-state index in [9.17, 15) is 14.7 Å². The second kappa shape index (κ2) is 15.9. The molecule has 6 rings (SSSR count). The van der Waals surface area contributed by atoms with Crippen molar-refractivity contribution in [3.63, 3.8) is 0 Å². The molecule has 0 aromatic heterocycles. The summed E-state index contributed by atoms with van der Waals surface area (Å²) in [5.41, 5.74) is 5.30. The van der Waals surface area contributed by atoms with E-state index in [1.165, 1.54) is 11.8 Å². The monoisotopic (exact) mass is 618 g/mol. The number of carbonyl (C=O) groups excluding carboxylic acids is 2. The molecule has 1 unspecified atom stereocenters. The highest BCUT2D eigenvalue weighted by Crippen LogP contribution is 2.35. The number of aliphatic hydroxyl groups is 2. The van der Waals surface area contributed by atoms with Gasteiger partial charge in [0.2, 0.25) is 0 Å². The standard InChI is InChI=1S/C31H26O5S.C7H8O/c32-29-19-27(36-31(34)26-17-13-24(14-18-26)22-9-5-2-6-10-22)28(37-29)20-35-30(33)25-15-11-23(12-16-25)21-7-3-1-4-8-21;8-6-7-4-2-1-3-5-7/h1-18,27-29,32H,19-20H2;1-5,8H,6H2/t27-,28-,29?;/m1./s1. The number of hydrogen-bond donors (Lipinski definition) is 2. The number of esters is 2. The zero-order valence-corrected chi connectivity index (χ0v) is 25.4. The van der Waals surface area contributed by atoms with Gasteiger partial charge in [-0.05, 0) is 52.1 Å². The van der Waals surface area contributed by atoms with Crippen LogP contribution < -0.4 is 0 Å². The molecule has 1 fully saturated rings. The molecular weight excluding hydrogens is 584 g/mol. The summed E-state index contributed by atoms with van der Waals surface area (Å²) >= 11 is 1.25. The first-order chi connectivity index (χ1) is 22.0. The summed E-state index contributed by atoms with van der Waals surface area (Å²) < 4.78 is 11.2. The van der Waals surface area contributed by atoms with Crippen LogP contribution in [0.4, 0.5) is 0 Å². The van der Waals surface area contributed by atoms with Crippen molar-refractivity contribution in [3.8, 4) is 22.3 Å². The van der Waals surface area contributed by atoms with Crippen LogP contribution in [0.2, 0.25) is 0 Å². The van der Waals surface area contributed by atoms with Crippen LogP contribution in [0, 0.1) is 0 Å². The number of thioether (sulfide) groups is 1. The summed E-state index contributed by atoms with van der Waals surface area (Å²) in [6.45, 7) is 0.173. The fourth-order valence-corrected chi connectivity index (χ4v) is 6.05. The third-order valence-corrected chi connectivity index (χ3v) is 8.59. The van der Waals surface area contributed by atoms with E-state index in [4.69, 9.17) is 14.6 Å². The quantitative estimate of drug-likeness (QED) is 0.175. The molecule has 228 valence electrons. The number of benzene rings is 5. The largest absolute Gasteiger partial charge is 0.461 e. The Morgan fingerprint density at radius 1 is 0.622 bits per heavy atom. The van der Waals surface area contributed by atoms with Gasteiger partial charge in [0, 0.05) is 6.42 Å². The number of carbonyl (C=O) groups is 2. The molecule has 0 aliphatic carbocycles. The Balaban J connectivity index is 0.000000436.